The summed E-state index contributed by atoms with van der Waals surface area (Å²) in [6.45, 7) is 19.8. The second-order valence-electron chi connectivity index (χ2n) is 22.6. The Morgan fingerprint density at radius 2 is 1.12 bits per heavy atom. The number of Topliss-reactive ketones (excluding diaryl/α,β-unsaturated/α-hetero) is 2. The number of rotatable bonds is 6. The number of halogens is 2. The maximum atomic E-state index is 15.3. The van der Waals surface area contributed by atoms with Crippen molar-refractivity contribution in [3.8, 4) is 28.6 Å². The van der Waals surface area contributed by atoms with Gasteiger partial charge in [-0.05, 0) is 118 Å². The quantitative estimate of drug-likeness (QED) is 0.153. The van der Waals surface area contributed by atoms with Gasteiger partial charge in [-0.25, -0.2) is 15.4 Å². The largest absolute Gasteiger partial charge is 0.371 e. The average molecular weight is 993 g/mol. The topological polar surface area (TPSA) is 104 Å². The number of aromatic nitrogens is 4. The van der Waals surface area contributed by atoms with E-state index < -0.39 is 12.0 Å². The molecule has 4 aromatic carbocycles. The molecule has 0 bridgehead atoms. The third-order valence-corrected chi connectivity index (χ3v) is 18.6. The summed E-state index contributed by atoms with van der Waals surface area (Å²) in [6.07, 6.45) is 8.02. The minimum Gasteiger partial charge on any atom is -0.371 e. The van der Waals surface area contributed by atoms with Gasteiger partial charge in [0.15, 0.2) is 5.78 Å². The number of hydrogen-bond acceptors (Lipinski definition) is 7. The third-order valence-electron chi connectivity index (χ3n) is 18.6. The first-order chi connectivity index (χ1) is 35.8. The van der Waals surface area contributed by atoms with Crippen LogP contribution in [0.3, 0.4) is 0 Å². The number of hydrogen-bond donors (Lipinski definition) is 0. The van der Waals surface area contributed by atoms with Crippen LogP contribution in [-0.4, -0.2) is 63.3 Å². The number of carbonyl (C=O) groups excluding carboxylic acids is 2. The van der Waals surface area contributed by atoms with E-state index in [-0.39, 0.29) is 69.8 Å². The molecule has 4 fully saturated rings. The molecule has 0 N–H and O–H groups in total. The van der Waals surface area contributed by atoms with Gasteiger partial charge in [0.1, 0.15) is 17.6 Å². The molecule has 6 aromatic rings. The van der Waals surface area contributed by atoms with E-state index in [0.717, 1.165) is 111 Å². The molecule has 4 heterocycles. The molecule has 12 rings (SSSR count). The molecule has 74 heavy (non-hydrogen) atoms. The fourth-order valence-electron chi connectivity index (χ4n) is 14.8. The summed E-state index contributed by atoms with van der Waals surface area (Å²) in [4.78, 5) is 34.4. The van der Waals surface area contributed by atoms with Crippen LogP contribution in [0.2, 0.25) is 0 Å². The van der Waals surface area contributed by atoms with Crippen LogP contribution in [-0.2, 0) is 33.3 Å². The highest BCUT2D eigenvalue weighted by molar-refractivity contribution is 5.89. The number of nitrogens with zero attached hydrogens (tertiary/aromatic N) is 8. The van der Waals surface area contributed by atoms with Crippen LogP contribution in [0.5, 0.6) is 0 Å². The van der Waals surface area contributed by atoms with E-state index in [1.165, 1.54) is 23.5 Å². The lowest BCUT2D eigenvalue weighted by Crippen LogP contribution is -2.51. The van der Waals surface area contributed by atoms with Gasteiger partial charge in [-0.2, -0.15) is 15.5 Å². The Kier molecular flexibility index (Phi) is 13.1. The fraction of sp³-hybridized carbons (Fsp3) is 0.452. The van der Waals surface area contributed by atoms with Crippen LogP contribution in [0, 0.1) is 59.1 Å². The summed E-state index contributed by atoms with van der Waals surface area (Å²) in [7, 11) is 0. The standard InChI is InChI=1S/2C31H33FN4O/c1-20-25-14-13-24-28(23-11-7-8-12-26(23)32)36(34-30(24)31(25,2)19-27(33-3)29(20)37)22-15-17-35(18-16-22)21-9-5-4-6-10-21;1-20-26-13-12-25-28(24-10-6-7-11-27(24)32)34-36(30(25)31(26,2)18-21(19-33)29(20)37)23-14-16-35(17-15-23)22-8-4-3-5-9-22/h4-12,20,22,25,27H,13-19H2,1-2H3;3-11,20-21,23,26H,12-18H2,1-2H3/t20-,25-,27?,31-;20-,21?,26-,31-/m11/s1. The lowest BCUT2D eigenvalue weighted by molar-refractivity contribution is -0.132. The van der Waals surface area contributed by atoms with Gasteiger partial charge >= 0.3 is 0 Å². The molecular formula is C62H66F2N8O2. The fourth-order valence-corrected chi connectivity index (χ4v) is 14.8. The van der Waals surface area contributed by atoms with E-state index in [2.05, 4.69) is 92.5 Å². The van der Waals surface area contributed by atoms with Gasteiger partial charge in [-0.1, -0.05) is 88.4 Å². The number of para-hydroxylation sites is 2. The highest BCUT2D eigenvalue weighted by Crippen LogP contribution is 2.56. The first kappa shape index (κ1) is 49.3. The first-order valence-electron chi connectivity index (χ1n) is 27.0. The van der Waals surface area contributed by atoms with Gasteiger partial charge in [0.05, 0.1) is 35.2 Å². The summed E-state index contributed by atoms with van der Waals surface area (Å²) >= 11 is 0. The van der Waals surface area contributed by atoms with Crippen LogP contribution in [0.4, 0.5) is 20.2 Å². The highest BCUT2D eigenvalue weighted by atomic mass is 19.1. The first-order valence-corrected chi connectivity index (χ1v) is 27.0. The predicted molar refractivity (Wildman–Crippen MR) is 284 cm³/mol. The third kappa shape index (κ3) is 8.33. The minimum atomic E-state index is -0.627. The number of carbonyl (C=O) groups is 2. The number of anilines is 2. The van der Waals surface area contributed by atoms with Crippen molar-refractivity contribution in [2.24, 2.45) is 29.6 Å². The van der Waals surface area contributed by atoms with Crippen molar-refractivity contribution in [2.75, 3.05) is 36.0 Å². The zero-order valence-corrected chi connectivity index (χ0v) is 43.1. The Bertz CT molecular complexity index is 3160. The molecule has 0 amide bonds. The molecule has 2 unspecified atom stereocenters. The number of ketones is 2. The van der Waals surface area contributed by atoms with Gasteiger partial charge in [-0.3, -0.25) is 19.0 Å². The van der Waals surface area contributed by atoms with Crippen LogP contribution < -0.4 is 9.80 Å². The van der Waals surface area contributed by atoms with E-state index in [9.17, 15) is 14.9 Å². The van der Waals surface area contributed by atoms with Crippen molar-refractivity contribution in [2.45, 2.75) is 121 Å². The summed E-state index contributed by atoms with van der Waals surface area (Å²) in [6, 6.07) is 36.9. The number of fused-ring (bicyclic) bond motifs is 6. The summed E-state index contributed by atoms with van der Waals surface area (Å²) in [5.41, 5.74) is 8.86. The average Bonchev–Trinajstić information content (AvgIpc) is 4.03. The van der Waals surface area contributed by atoms with E-state index in [4.69, 9.17) is 16.8 Å². The molecule has 6 aliphatic rings. The zero-order chi connectivity index (χ0) is 51.5. The molecule has 2 aromatic heterocycles. The van der Waals surface area contributed by atoms with Gasteiger partial charge in [0, 0.05) is 94.6 Å². The van der Waals surface area contributed by atoms with Crippen molar-refractivity contribution >= 4 is 22.9 Å². The molecule has 8 atom stereocenters. The van der Waals surface area contributed by atoms with Crippen molar-refractivity contribution in [1.29, 1.82) is 5.26 Å². The van der Waals surface area contributed by atoms with E-state index in [1.54, 1.807) is 12.1 Å². The molecule has 380 valence electrons. The Morgan fingerprint density at radius 1 is 0.622 bits per heavy atom. The maximum absolute atomic E-state index is 15.3. The van der Waals surface area contributed by atoms with Crippen LogP contribution in [0.15, 0.2) is 109 Å². The lowest BCUT2D eigenvalue weighted by atomic mass is 9.54. The van der Waals surface area contributed by atoms with Crippen molar-refractivity contribution in [1.82, 2.24) is 19.6 Å². The van der Waals surface area contributed by atoms with Gasteiger partial charge in [0.25, 0.3) is 6.04 Å². The SMILES string of the molecule is C[C@H]1C(=O)C(C#N)C[C@@]2(C)c3c(c(-c4ccccc4F)nn3C3CCN(c4ccccc4)CC3)CC[C@H]12.[C-]#[N+]C1C[C@@]2(C)c3nn(C4CCN(c5ccccc5)CC4)c(-c4ccccc4F)c3CC[C@@H]2[C@@H](C)C1=O. The summed E-state index contributed by atoms with van der Waals surface area (Å²) in [5.74, 6) is -0.975. The predicted octanol–water partition coefficient (Wildman–Crippen LogP) is 12.3. The molecule has 2 saturated heterocycles. The number of benzene rings is 4. The maximum Gasteiger partial charge on any atom is 0.282 e. The molecule has 12 heteroatoms. The Morgan fingerprint density at radius 3 is 1.68 bits per heavy atom. The van der Waals surface area contributed by atoms with Gasteiger partial charge in [0.2, 0.25) is 5.78 Å². The van der Waals surface area contributed by atoms with Crippen molar-refractivity contribution < 1.29 is 18.4 Å². The van der Waals surface area contributed by atoms with E-state index in [0.29, 0.717) is 24.0 Å². The van der Waals surface area contributed by atoms with Crippen LogP contribution in [0.1, 0.15) is 114 Å². The Balaban J connectivity index is 0.000000159. The Hall–Kier alpha value is -6.92. The highest BCUT2D eigenvalue weighted by Gasteiger charge is 2.57. The van der Waals surface area contributed by atoms with Crippen LogP contribution in [0.25, 0.3) is 27.4 Å². The summed E-state index contributed by atoms with van der Waals surface area (Å²) in [5, 5.41) is 20.3. The van der Waals surface area contributed by atoms with Crippen molar-refractivity contribution in [3.05, 3.63) is 155 Å². The van der Waals surface area contributed by atoms with E-state index in [1.807, 2.05) is 50.2 Å². The summed E-state index contributed by atoms with van der Waals surface area (Å²) < 4.78 is 34.6. The van der Waals surface area contributed by atoms with Crippen LogP contribution >= 0.6 is 0 Å². The van der Waals surface area contributed by atoms with Gasteiger partial charge < -0.3 is 14.6 Å². The normalized spacial score (nSPS) is 27.9. The van der Waals surface area contributed by atoms with Gasteiger partial charge in [-0.15, -0.1) is 0 Å². The van der Waals surface area contributed by atoms with E-state index >= 15 is 8.78 Å². The second kappa shape index (κ2) is 19.7. The molecular weight excluding hydrogens is 927 g/mol. The molecule has 0 radical (unpaired) electrons. The molecule has 10 nitrogen and oxygen atoms in total. The monoisotopic (exact) mass is 993 g/mol. The molecule has 2 saturated carbocycles. The second-order valence-corrected chi connectivity index (χ2v) is 22.6. The van der Waals surface area contributed by atoms with Crippen molar-refractivity contribution in [3.63, 3.8) is 0 Å². The zero-order valence-electron chi connectivity index (χ0n) is 43.1. The lowest BCUT2D eigenvalue weighted by Gasteiger charge is -2.50. The Labute approximate surface area is 434 Å². The molecule has 4 aliphatic carbocycles. The number of nitriles is 1. The number of piperidine rings is 2. The molecule has 0 spiro atoms. The smallest absolute Gasteiger partial charge is 0.282 e. The minimum absolute atomic E-state index is 0.0722. The molecule has 2 aliphatic heterocycles.